The first-order chi connectivity index (χ1) is 12.6. The van der Waals surface area contributed by atoms with Gasteiger partial charge in [0.25, 0.3) is 0 Å². The summed E-state index contributed by atoms with van der Waals surface area (Å²) < 4.78 is 64.0. The number of nitrogens with one attached hydrogen (secondary N) is 3. The molecule has 3 aromatic rings. The van der Waals surface area contributed by atoms with Crippen molar-refractivity contribution in [1.29, 1.82) is 0 Å². The second-order valence-electron chi connectivity index (χ2n) is 5.50. The average molecular weight is 383 g/mol. The minimum absolute atomic E-state index is 0.0183. The van der Waals surface area contributed by atoms with Crippen LogP contribution >= 0.6 is 0 Å². The van der Waals surface area contributed by atoms with Crippen LogP contribution in [0.25, 0.3) is 10.9 Å². The Kier molecular flexibility index (Phi) is 4.56. The number of alkyl halides is 3. The first-order valence-corrected chi connectivity index (χ1v) is 7.41. The van der Waals surface area contributed by atoms with Crippen molar-refractivity contribution >= 4 is 34.1 Å². The van der Waals surface area contributed by atoms with Gasteiger partial charge in [0.1, 0.15) is 0 Å². The van der Waals surface area contributed by atoms with E-state index in [2.05, 4.69) is 15.6 Å². The zero-order chi connectivity index (χ0) is 19.8. The lowest BCUT2D eigenvalue weighted by molar-refractivity contribution is -0.137. The molecule has 0 unspecified atom stereocenters. The number of rotatable bonds is 2. The first-order valence-electron chi connectivity index (χ1n) is 7.41. The molecule has 0 saturated heterocycles. The van der Waals surface area contributed by atoms with Crippen LogP contribution in [0.1, 0.15) is 5.56 Å². The maximum Gasteiger partial charge on any atom is 0.416 e. The zero-order valence-corrected chi connectivity index (χ0v) is 13.2. The number of carbonyl (C=O) groups is 2. The van der Waals surface area contributed by atoms with E-state index in [1.807, 2.05) is 0 Å². The Bertz CT molecular complexity index is 1030. The smallest absolute Gasteiger partial charge is 0.359 e. The lowest BCUT2D eigenvalue weighted by atomic mass is 10.2. The molecule has 3 rings (SSSR count). The van der Waals surface area contributed by atoms with Crippen LogP contribution in [-0.4, -0.2) is 16.8 Å². The number of benzene rings is 2. The molecule has 0 radical (unpaired) electrons. The summed E-state index contributed by atoms with van der Waals surface area (Å²) in [7, 11) is 0. The van der Waals surface area contributed by atoms with E-state index in [4.69, 9.17) is 0 Å². The lowest BCUT2D eigenvalue weighted by Crippen LogP contribution is -2.29. The molecule has 0 bridgehead atoms. The summed E-state index contributed by atoms with van der Waals surface area (Å²) in [5.74, 6) is -4.50. The number of anilines is 2. The van der Waals surface area contributed by atoms with Crippen molar-refractivity contribution in [2.24, 2.45) is 0 Å². The largest absolute Gasteiger partial charge is 0.416 e. The molecule has 10 heteroatoms. The van der Waals surface area contributed by atoms with E-state index < -0.39 is 35.2 Å². The fourth-order valence-electron chi connectivity index (χ4n) is 2.33. The molecule has 0 saturated carbocycles. The van der Waals surface area contributed by atoms with Gasteiger partial charge >= 0.3 is 18.0 Å². The number of fused-ring (bicyclic) bond motifs is 1. The van der Waals surface area contributed by atoms with Crippen molar-refractivity contribution in [2.45, 2.75) is 6.18 Å². The maximum absolute atomic E-state index is 13.3. The quantitative estimate of drug-likeness (QED) is 0.462. The molecule has 0 atom stereocenters. The fraction of sp³-hybridized carbons (Fsp3) is 0.0588. The number of H-pyrrole nitrogens is 1. The molecule has 2 amide bonds. The molecule has 0 aliphatic rings. The van der Waals surface area contributed by atoms with Gasteiger partial charge in [0.2, 0.25) is 0 Å². The van der Waals surface area contributed by atoms with E-state index in [0.717, 1.165) is 36.4 Å². The van der Waals surface area contributed by atoms with Gasteiger partial charge in [-0.25, -0.2) is 8.78 Å². The number of halogens is 5. The van der Waals surface area contributed by atoms with Gasteiger partial charge in [-0.05, 0) is 30.3 Å². The molecule has 1 aromatic heterocycles. The minimum Gasteiger partial charge on any atom is -0.359 e. The molecular formula is C17H10F5N3O2. The Morgan fingerprint density at radius 1 is 0.889 bits per heavy atom. The highest BCUT2D eigenvalue weighted by Gasteiger charge is 2.30. The summed E-state index contributed by atoms with van der Waals surface area (Å²) in [6, 6.07) is 5.25. The predicted octanol–water partition coefficient (Wildman–Crippen LogP) is 4.04. The van der Waals surface area contributed by atoms with Crippen molar-refractivity contribution < 1.29 is 31.5 Å². The van der Waals surface area contributed by atoms with E-state index in [1.54, 1.807) is 0 Å². The number of hydrogen-bond donors (Lipinski definition) is 3. The highest BCUT2D eigenvalue weighted by atomic mass is 19.4. The minimum atomic E-state index is -4.52. The van der Waals surface area contributed by atoms with E-state index >= 15 is 0 Å². The summed E-state index contributed by atoms with van der Waals surface area (Å²) in [6.45, 7) is 0. The van der Waals surface area contributed by atoms with Crippen molar-refractivity contribution in [3.05, 3.63) is 59.8 Å². The third-order valence-electron chi connectivity index (χ3n) is 3.65. The van der Waals surface area contributed by atoms with Crippen molar-refractivity contribution in [3.8, 4) is 0 Å². The van der Waals surface area contributed by atoms with Gasteiger partial charge in [0, 0.05) is 23.3 Å². The zero-order valence-electron chi connectivity index (χ0n) is 13.2. The van der Waals surface area contributed by atoms with Gasteiger partial charge in [-0.2, -0.15) is 13.2 Å². The molecule has 3 N–H and O–H groups in total. The summed E-state index contributed by atoms with van der Waals surface area (Å²) in [5.41, 5.74) is -0.683. The third-order valence-corrected chi connectivity index (χ3v) is 3.65. The standard InChI is InChI=1S/C17H10F5N3O2/c18-11-5-10-13(6-12(11)19)23-7-14(10)25-16(27)15(26)24-9-3-1-8(2-4-9)17(20,21)22/h1-7,23H,(H,24,26)(H,25,27). The summed E-state index contributed by atoms with van der Waals surface area (Å²) in [6.07, 6.45) is -3.28. The molecule has 0 spiro atoms. The van der Waals surface area contributed by atoms with Crippen molar-refractivity contribution in [3.63, 3.8) is 0 Å². The SMILES string of the molecule is O=C(Nc1ccc(C(F)(F)F)cc1)C(=O)Nc1c[nH]c2cc(F)c(F)cc12. The maximum atomic E-state index is 13.3. The molecule has 2 aromatic carbocycles. The van der Waals surface area contributed by atoms with E-state index in [-0.39, 0.29) is 22.3 Å². The highest BCUT2D eigenvalue weighted by Crippen LogP contribution is 2.30. The van der Waals surface area contributed by atoms with E-state index in [1.165, 1.54) is 6.20 Å². The molecule has 27 heavy (non-hydrogen) atoms. The topological polar surface area (TPSA) is 74.0 Å². The van der Waals surface area contributed by atoms with Gasteiger partial charge in [-0.3, -0.25) is 9.59 Å². The fourth-order valence-corrected chi connectivity index (χ4v) is 2.33. The van der Waals surface area contributed by atoms with Crippen LogP contribution in [-0.2, 0) is 15.8 Å². The third kappa shape index (κ3) is 3.89. The van der Waals surface area contributed by atoms with Crippen LogP contribution in [0.3, 0.4) is 0 Å². The van der Waals surface area contributed by atoms with Crippen molar-refractivity contribution in [1.82, 2.24) is 4.98 Å². The average Bonchev–Trinajstić information content (AvgIpc) is 2.96. The number of aromatic nitrogens is 1. The Morgan fingerprint density at radius 2 is 1.48 bits per heavy atom. The van der Waals surface area contributed by atoms with Crippen LogP contribution in [0.2, 0.25) is 0 Å². The van der Waals surface area contributed by atoms with Gasteiger partial charge in [-0.1, -0.05) is 0 Å². The van der Waals surface area contributed by atoms with Gasteiger partial charge in [0.05, 0.1) is 16.8 Å². The van der Waals surface area contributed by atoms with Crippen LogP contribution in [0, 0.1) is 11.6 Å². The first kappa shape index (κ1) is 18.4. The van der Waals surface area contributed by atoms with Gasteiger partial charge < -0.3 is 15.6 Å². The molecule has 0 aliphatic carbocycles. The van der Waals surface area contributed by atoms with E-state index in [0.29, 0.717) is 0 Å². The summed E-state index contributed by atoms with van der Waals surface area (Å²) in [4.78, 5) is 26.5. The molecule has 5 nitrogen and oxygen atoms in total. The Hall–Kier alpha value is -3.43. The van der Waals surface area contributed by atoms with Crippen molar-refractivity contribution in [2.75, 3.05) is 10.6 Å². The number of hydrogen-bond acceptors (Lipinski definition) is 2. The van der Waals surface area contributed by atoms with Crippen LogP contribution in [0.15, 0.2) is 42.6 Å². The molecule has 140 valence electrons. The number of amides is 2. The summed E-state index contributed by atoms with van der Waals surface area (Å²) in [5, 5.41) is 4.50. The normalized spacial score (nSPS) is 11.4. The molecular weight excluding hydrogens is 373 g/mol. The van der Waals surface area contributed by atoms with Crippen LogP contribution in [0.4, 0.5) is 33.3 Å². The number of aromatic amines is 1. The van der Waals surface area contributed by atoms with Gasteiger partial charge in [0.15, 0.2) is 11.6 Å². The molecule has 0 fully saturated rings. The molecule has 1 heterocycles. The monoisotopic (exact) mass is 383 g/mol. The van der Waals surface area contributed by atoms with E-state index in [9.17, 15) is 31.5 Å². The summed E-state index contributed by atoms with van der Waals surface area (Å²) >= 11 is 0. The molecule has 0 aliphatic heterocycles. The predicted molar refractivity (Wildman–Crippen MR) is 86.9 cm³/mol. The van der Waals surface area contributed by atoms with Gasteiger partial charge in [-0.15, -0.1) is 0 Å². The highest BCUT2D eigenvalue weighted by molar-refractivity contribution is 6.44. The van der Waals surface area contributed by atoms with Crippen LogP contribution in [0.5, 0.6) is 0 Å². The lowest BCUT2D eigenvalue weighted by Gasteiger charge is -2.09. The Labute approximate surface area is 148 Å². The Morgan fingerprint density at radius 3 is 2.11 bits per heavy atom. The Balaban J connectivity index is 1.71. The second kappa shape index (κ2) is 6.71. The number of carbonyl (C=O) groups excluding carboxylic acids is 2. The van der Waals surface area contributed by atoms with Crippen LogP contribution < -0.4 is 10.6 Å². The second-order valence-corrected chi connectivity index (χ2v) is 5.50.